The molecule has 3 aromatic rings. The number of benzene rings is 2. The Balaban J connectivity index is 1.95. The van der Waals surface area contributed by atoms with Crippen LogP contribution in [0.5, 0.6) is 0 Å². The molecule has 2 aromatic carbocycles. The zero-order valence-electron chi connectivity index (χ0n) is 15.7. The minimum absolute atomic E-state index is 0.0543. The molecule has 1 amide bonds. The van der Waals surface area contributed by atoms with Gasteiger partial charge in [0.05, 0.1) is 27.9 Å². The summed E-state index contributed by atoms with van der Waals surface area (Å²) in [6.07, 6.45) is -4.49. The van der Waals surface area contributed by atoms with E-state index in [9.17, 15) is 18.0 Å². The highest BCUT2D eigenvalue weighted by molar-refractivity contribution is 8.00. The molecule has 1 aliphatic heterocycles. The van der Waals surface area contributed by atoms with Crippen LogP contribution in [-0.4, -0.2) is 21.4 Å². The van der Waals surface area contributed by atoms with Gasteiger partial charge in [0.25, 0.3) is 0 Å². The predicted molar refractivity (Wildman–Crippen MR) is 107 cm³/mol. The lowest BCUT2D eigenvalue weighted by molar-refractivity contribution is -0.138. The van der Waals surface area contributed by atoms with E-state index in [1.807, 2.05) is 31.2 Å². The van der Waals surface area contributed by atoms with Crippen molar-refractivity contribution in [2.45, 2.75) is 25.3 Å². The first-order valence-electron chi connectivity index (χ1n) is 9.00. The lowest BCUT2D eigenvalue weighted by atomic mass is 9.98. The number of aryl methyl sites for hydroxylation is 2. The molecule has 1 aliphatic rings. The highest BCUT2D eigenvalue weighted by Crippen LogP contribution is 2.47. The molecule has 1 aromatic heterocycles. The number of hydrogen-bond acceptors (Lipinski definition) is 3. The molecule has 150 valence electrons. The molecular formula is C21H18F3N3OS. The Morgan fingerprint density at radius 3 is 2.52 bits per heavy atom. The Morgan fingerprint density at radius 1 is 1.10 bits per heavy atom. The highest BCUT2D eigenvalue weighted by Gasteiger charge is 2.38. The van der Waals surface area contributed by atoms with E-state index in [2.05, 4.69) is 10.4 Å². The van der Waals surface area contributed by atoms with Crippen LogP contribution in [0.4, 0.5) is 19.0 Å². The first kappa shape index (κ1) is 19.6. The third kappa shape index (κ3) is 3.53. The van der Waals surface area contributed by atoms with Gasteiger partial charge in [-0.05, 0) is 37.1 Å². The van der Waals surface area contributed by atoms with Crippen molar-refractivity contribution in [1.82, 2.24) is 9.78 Å². The van der Waals surface area contributed by atoms with E-state index in [-0.39, 0.29) is 17.2 Å². The van der Waals surface area contributed by atoms with Crippen molar-refractivity contribution in [2.24, 2.45) is 0 Å². The Hall–Kier alpha value is -2.74. The molecule has 0 fully saturated rings. The summed E-state index contributed by atoms with van der Waals surface area (Å²) in [5, 5.41) is 6.76. The normalized spacial score (nSPS) is 16.9. The molecule has 2 heterocycles. The summed E-state index contributed by atoms with van der Waals surface area (Å²) in [6.45, 7) is 3.68. The number of aromatic nitrogens is 2. The van der Waals surface area contributed by atoms with Gasteiger partial charge in [-0.25, -0.2) is 4.68 Å². The maximum absolute atomic E-state index is 13.7. The van der Waals surface area contributed by atoms with E-state index >= 15 is 0 Å². The average Bonchev–Trinajstić information content (AvgIpc) is 2.87. The van der Waals surface area contributed by atoms with Crippen LogP contribution in [0.25, 0.3) is 5.69 Å². The predicted octanol–water partition coefficient (Wildman–Crippen LogP) is 5.28. The summed E-state index contributed by atoms with van der Waals surface area (Å²) < 4.78 is 42.6. The van der Waals surface area contributed by atoms with Gasteiger partial charge in [0.15, 0.2) is 0 Å². The zero-order valence-corrected chi connectivity index (χ0v) is 16.6. The standard InChI is InChI=1S/C21H18F3N3OS/c1-12-7-3-6-10-16(12)27-20-18(13(2)26-27)19(29-11-17(28)25-20)14-8-4-5-9-15(14)21(22,23)24/h3-10,19H,11H2,1-2H3,(H,25,28)/t19-/m0/s1. The van der Waals surface area contributed by atoms with E-state index in [1.54, 1.807) is 17.7 Å². The van der Waals surface area contributed by atoms with Crippen molar-refractivity contribution in [3.05, 3.63) is 76.5 Å². The van der Waals surface area contributed by atoms with E-state index in [1.165, 1.54) is 23.9 Å². The number of alkyl halides is 3. The third-order valence-corrected chi connectivity index (χ3v) is 6.15. The molecule has 0 saturated carbocycles. The molecule has 0 unspecified atom stereocenters. The minimum atomic E-state index is -4.49. The van der Waals surface area contributed by atoms with Crippen molar-refractivity contribution in [1.29, 1.82) is 0 Å². The fourth-order valence-electron chi connectivity index (χ4n) is 3.59. The van der Waals surface area contributed by atoms with Crippen LogP contribution in [0.2, 0.25) is 0 Å². The third-order valence-electron chi connectivity index (χ3n) is 4.90. The van der Waals surface area contributed by atoms with Gasteiger partial charge in [0.1, 0.15) is 5.82 Å². The number of thioether (sulfide) groups is 1. The van der Waals surface area contributed by atoms with Gasteiger partial charge >= 0.3 is 6.18 Å². The number of halogens is 3. The molecule has 1 atom stereocenters. The molecule has 4 rings (SSSR count). The van der Waals surface area contributed by atoms with Crippen LogP contribution < -0.4 is 5.32 Å². The van der Waals surface area contributed by atoms with E-state index in [0.29, 0.717) is 17.1 Å². The van der Waals surface area contributed by atoms with Gasteiger partial charge in [-0.1, -0.05) is 36.4 Å². The molecule has 0 radical (unpaired) electrons. The number of carbonyl (C=O) groups excluding carboxylic acids is 1. The summed E-state index contributed by atoms with van der Waals surface area (Å²) in [5.41, 5.74) is 2.33. The lowest BCUT2D eigenvalue weighted by Crippen LogP contribution is -2.16. The first-order chi connectivity index (χ1) is 13.8. The molecular weight excluding hydrogens is 399 g/mol. The van der Waals surface area contributed by atoms with Gasteiger partial charge in [0.2, 0.25) is 5.91 Å². The number of nitrogens with one attached hydrogen (secondary N) is 1. The van der Waals surface area contributed by atoms with Crippen molar-refractivity contribution in [3.63, 3.8) is 0 Å². The summed E-state index contributed by atoms with van der Waals surface area (Å²) in [4.78, 5) is 12.4. The largest absolute Gasteiger partial charge is 0.416 e. The van der Waals surface area contributed by atoms with Crippen molar-refractivity contribution in [2.75, 3.05) is 11.1 Å². The zero-order chi connectivity index (χ0) is 20.8. The second kappa shape index (κ2) is 7.26. The van der Waals surface area contributed by atoms with Crippen molar-refractivity contribution in [3.8, 4) is 5.69 Å². The first-order valence-corrected chi connectivity index (χ1v) is 10.1. The number of rotatable bonds is 2. The van der Waals surface area contributed by atoms with Crippen molar-refractivity contribution < 1.29 is 18.0 Å². The maximum atomic E-state index is 13.7. The molecule has 0 spiro atoms. The molecule has 4 nitrogen and oxygen atoms in total. The second-order valence-corrected chi connectivity index (χ2v) is 7.96. The smallest absolute Gasteiger partial charge is 0.310 e. The summed E-state index contributed by atoms with van der Waals surface area (Å²) in [7, 11) is 0. The number of amides is 1. The lowest BCUT2D eigenvalue weighted by Gasteiger charge is -2.20. The fraction of sp³-hybridized carbons (Fsp3) is 0.238. The number of nitrogens with zero attached hydrogens (tertiary/aromatic N) is 2. The molecule has 0 bridgehead atoms. The van der Waals surface area contributed by atoms with Crippen LogP contribution in [0.15, 0.2) is 48.5 Å². The molecule has 29 heavy (non-hydrogen) atoms. The monoisotopic (exact) mass is 417 g/mol. The van der Waals surface area contributed by atoms with Crippen LogP contribution >= 0.6 is 11.8 Å². The number of para-hydroxylation sites is 1. The van der Waals surface area contributed by atoms with Gasteiger partial charge in [-0.3, -0.25) is 4.79 Å². The number of hydrogen-bond donors (Lipinski definition) is 1. The Morgan fingerprint density at radius 2 is 1.79 bits per heavy atom. The fourth-order valence-corrected chi connectivity index (χ4v) is 4.81. The number of anilines is 1. The summed E-state index contributed by atoms with van der Waals surface area (Å²) in [5.74, 6) is 0.213. The van der Waals surface area contributed by atoms with Crippen LogP contribution in [-0.2, 0) is 11.0 Å². The number of carbonyl (C=O) groups is 1. The maximum Gasteiger partial charge on any atom is 0.416 e. The van der Waals surface area contributed by atoms with Crippen molar-refractivity contribution >= 4 is 23.5 Å². The molecule has 0 aliphatic carbocycles. The highest BCUT2D eigenvalue weighted by atomic mass is 32.2. The Kier molecular flexibility index (Phi) is 4.90. The minimum Gasteiger partial charge on any atom is -0.310 e. The number of fused-ring (bicyclic) bond motifs is 1. The summed E-state index contributed by atoms with van der Waals surface area (Å²) in [6, 6.07) is 13.1. The SMILES string of the molecule is Cc1ccccc1-n1nc(C)c2c1NC(=O)CS[C@H]2c1ccccc1C(F)(F)F. The van der Waals surface area contributed by atoms with Crippen LogP contribution in [0.1, 0.15) is 33.2 Å². The summed E-state index contributed by atoms with van der Waals surface area (Å²) >= 11 is 1.18. The van der Waals surface area contributed by atoms with E-state index in [4.69, 9.17) is 0 Å². The molecule has 8 heteroatoms. The van der Waals surface area contributed by atoms with Gasteiger partial charge in [-0.2, -0.15) is 18.3 Å². The molecule has 1 N–H and O–H groups in total. The molecule has 0 saturated heterocycles. The van der Waals surface area contributed by atoms with Gasteiger partial charge in [-0.15, -0.1) is 11.8 Å². The van der Waals surface area contributed by atoms with E-state index in [0.717, 1.165) is 17.3 Å². The average molecular weight is 417 g/mol. The van der Waals surface area contributed by atoms with Crippen LogP contribution in [0.3, 0.4) is 0 Å². The van der Waals surface area contributed by atoms with E-state index < -0.39 is 17.0 Å². The van der Waals surface area contributed by atoms with Gasteiger partial charge < -0.3 is 5.32 Å². The quantitative estimate of drug-likeness (QED) is 0.617. The topological polar surface area (TPSA) is 46.9 Å². The van der Waals surface area contributed by atoms with Gasteiger partial charge in [0, 0.05) is 5.56 Å². The Labute approximate surface area is 170 Å². The van der Waals surface area contributed by atoms with Crippen LogP contribution in [0, 0.1) is 13.8 Å². The Bertz CT molecular complexity index is 1090. The second-order valence-electron chi connectivity index (χ2n) is 6.87.